The summed E-state index contributed by atoms with van der Waals surface area (Å²) in [5, 5.41) is 26.9. The highest BCUT2D eigenvalue weighted by molar-refractivity contribution is 7.15. The maximum Gasteiger partial charge on any atom is 0.188 e. The fraction of sp³-hybridized carbons (Fsp3) is 0.478. The molecule has 3 atom stereocenters. The molecule has 0 aliphatic carbocycles. The van der Waals surface area contributed by atoms with E-state index < -0.39 is 0 Å². The van der Waals surface area contributed by atoms with Gasteiger partial charge in [0.25, 0.3) is 0 Å². The van der Waals surface area contributed by atoms with Crippen LogP contribution in [0.3, 0.4) is 0 Å². The maximum absolute atomic E-state index is 9.14. The highest BCUT2D eigenvalue weighted by atomic mass is 32.1. The first kappa shape index (κ1) is 21.1. The summed E-state index contributed by atoms with van der Waals surface area (Å²) in [6.45, 7) is 1.00. The second-order valence-corrected chi connectivity index (χ2v) is 9.62. The molecule has 3 N–H and O–H groups in total. The van der Waals surface area contributed by atoms with E-state index in [9.17, 15) is 0 Å². The number of fused-ring (bicyclic) bond motifs is 3. The van der Waals surface area contributed by atoms with Crippen molar-refractivity contribution in [2.45, 2.75) is 56.7 Å². The molecule has 2 aliphatic heterocycles. The number of nitriles is 1. The van der Waals surface area contributed by atoms with E-state index in [1.54, 1.807) is 12.4 Å². The molecular formula is C23H27N7OS. The van der Waals surface area contributed by atoms with E-state index in [4.69, 9.17) is 15.4 Å². The Kier molecular flexibility index (Phi) is 6.17. The van der Waals surface area contributed by atoms with Crippen molar-refractivity contribution >= 4 is 39.0 Å². The summed E-state index contributed by atoms with van der Waals surface area (Å²) in [4.78, 5) is 17.4. The lowest BCUT2D eigenvalue weighted by Crippen LogP contribution is -2.47. The number of anilines is 3. The van der Waals surface area contributed by atoms with E-state index in [0.29, 0.717) is 36.8 Å². The summed E-state index contributed by atoms with van der Waals surface area (Å²) in [6, 6.07) is 9.69. The Bertz CT molecular complexity index is 1110. The van der Waals surface area contributed by atoms with Crippen LogP contribution < -0.4 is 10.6 Å². The van der Waals surface area contributed by atoms with Gasteiger partial charge in [-0.3, -0.25) is 9.88 Å². The van der Waals surface area contributed by atoms with Gasteiger partial charge in [0.05, 0.1) is 11.6 Å². The lowest BCUT2D eigenvalue weighted by atomic mass is 9.97. The average molecular weight is 450 g/mol. The molecule has 0 spiro atoms. The minimum Gasteiger partial charge on any atom is -0.396 e. The van der Waals surface area contributed by atoms with Gasteiger partial charge in [-0.05, 0) is 37.8 Å². The van der Waals surface area contributed by atoms with E-state index in [0.717, 1.165) is 46.1 Å². The second-order valence-electron chi connectivity index (χ2n) is 8.50. The molecule has 5 rings (SSSR count). The fourth-order valence-electron chi connectivity index (χ4n) is 5.08. The standard InChI is InChI=1S/C23H27N7OS/c24-7-2-9-30-16-4-5-17(30)12-15(11-16)27-22-19-3-1-8-25-20(19)13-21(28-22)29-23-26-14-18(32-23)6-10-31/h1,3,8,13-17,31H,2,4-6,9-12H2,(H2,26,27,28,29)/t15-,16-,17+. The molecule has 2 saturated heterocycles. The monoisotopic (exact) mass is 449 g/mol. The van der Waals surface area contributed by atoms with E-state index in [-0.39, 0.29) is 6.61 Å². The van der Waals surface area contributed by atoms with Crippen LogP contribution in [0.5, 0.6) is 0 Å². The van der Waals surface area contributed by atoms with Crippen LogP contribution in [0, 0.1) is 11.3 Å². The Balaban J connectivity index is 1.36. The quantitative estimate of drug-likeness (QED) is 0.478. The van der Waals surface area contributed by atoms with E-state index in [1.807, 2.05) is 12.1 Å². The Morgan fingerprint density at radius 2 is 2.09 bits per heavy atom. The minimum atomic E-state index is 0.116. The first-order valence-electron chi connectivity index (χ1n) is 11.2. The van der Waals surface area contributed by atoms with Gasteiger partial charge in [-0.1, -0.05) is 0 Å². The number of aliphatic hydroxyl groups excluding tert-OH is 1. The topological polar surface area (TPSA) is 110 Å². The predicted molar refractivity (Wildman–Crippen MR) is 126 cm³/mol. The highest BCUT2D eigenvalue weighted by Crippen LogP contribution is 2.37. The van der Waals surface area contributed by atoms with Crippen LogP contribution in [0.15, 0.2) is 30.6 Å². The summed E-state index contributed by atoms with van der Waals surface area (Å²) in [5.41, 5.74) is 0.883. The molecule has 8 nitrogen and oxygen atoms in total. The van der Waals surface area contributed by atoms with Crippen molar-refractivity contribution in [1.29, 1.82) is 5.26 Å². The number of piperidine rings is 1. The van der Waals surface area contributed by atoms with Gasteiger partial charge in [0, 0.05) is 72.8 Å². The molecule has 0 aromatic carbocycles. The fourth-order valence-corrected chi connectivity index (χ4v) is 5.89. The van der Waals surface area contributed by atoms with Gasteiger partial charge in [0.15, 0.2) is 5.13 Å². The lowest BCUT2D eigenvalue weighted by Gasteiger charge is -2.39. The van der Waals surface area contributed by atoms with Gasteiger partial charge >= 0.3 is 0 Å². The first-order valence-corrected chi connectivity index (χ1v) is 12.0. The van der Waals surface area contributed by atoms with Crippen LogP contribution in [0.2, 0.25) is 0 Å². The zero-order chi connectivity index (χ0) is 21.9. The van der Waals surface area contributed by atoms with Crippen molar-refractivity contribution in [2.24, 2.45) is 0 Å². The predicted octanol–water partition coefficient (Wildman–Crippen LogP) is 3.69. The molecule has 0 saturated carbocycles. The summed E-state index contributed by atoms with van der Waals surface area (Å²) in [6.07, 6.45) is 9.36. The Labute approximate surface area is 191 Å². The smallest absolute Gasteiger partial charge is 0.188 e. The summed E-state index contributed by atoms with van der Waals surface area (Å²) in [5.74, 6) is 1.55. The van der Waals surface area contributed by atoms with Crippen LogP contribution in [-0.4, -0.2) is 56.2 Å². The number of nitrogens with one attached hydrogen (secondary N) is 2. The zero-order valence-electron chi connectivity index (χ0n) is 17.9. The molecule has 166 valence electrons. The summed E-state index contributed by atoms with van der Waals surface area (Å²) < 4.78 is 0. The van der Waals surface area contributed by atoms with Crippen LogP contribution in [0.25, 0.3) is 10.9 Å². The van der Waals surface area contributed by atoms with Crippen molar-refractivity contribution in [2.75, 3.05) is 23.8 Å². The number of rotatable bonds is 8. The van der Waals surface area contributed by atoms with Crippen molar-refractivity contribution in [3.8, 4) is 6.07 Å². The SMILES string of the molecule is N#CCCN1[C@@H]2CC[C@H]1C[C@H](Nc1nc(Nc3ncc(CCO)s3)cc3ncccc13)C2. The van der Waals surface area contributed by atoms with Crippen molar-refractivity contribution in [3.05, 3.63) is 35.5 Å². The van der Waals surface area contributed by atoms with E-state index in [1.165, 1.54) is 24.2 Å². The lowest BCUT2D eigenvalue weighted by molar-refractivity contribution is 0.136. The molecule has 0 amide bonds. The molecule has 0 unspecified atom stereocenters. The largest absolute Gasteiger partial charge is 0.396 e. The molecule has 2 fully saturated rings. The number of aliphatic hydroxyl groups is 1. The Morgan fingerprint density at radius 1 is 1.25 bits per heavy atom. The van der Waals surface area contributed by atoms with Gasteiger partial charge in [-0.2, -0.15) is 5.26 Å². The molecule has 2 aliphatic rings. The second kappa shape index (κ2) is 9.36. The Hall–Kier alpha value is -2.80. The highest BCUT2D eigenvalue weighted by Gasteiger charge is 2.40. The Morgan fingerprint density at radius 3 is 2.88 bits per heavy atom. The van der Waals surface area contributed by atoms with E-state index >= 15 is 0 Å². The van der Waals surface area contributed by atoms with Crippen LogP contribution in [-0.2, 0) is 6.42 Å². The zero-order valence-corrected chi connectivity index (χ0v) is 18.7. The van der Waals surface area contributed by atoms with Gasteiger partial charge in [-0.15, -0.1) is 11.3 Å². The number of nitrogens with zero attached hydrogens (tertiary/aromatic N) is 5. The summed E-state index contributed by atoms with van der Waals surface area (Å²) in [7, 11) is 0. The molecule has 3 aromatic heterocycles. The molecule has 9 heteroatoms. The minimum absolute atomic E-state index is 0.116. The normalized spacial score (nSPS) is 22.7. The third-order valence-electron chi connectivity index (χ3n) is 6.45. The maximum atomic E-state index is 9.14. The van der Waals surface area contributed by atoms with Gasteiger partial charge in [-0.25, -0.2) is 9.97 Å². The van der Waals surface area contributed by atoms with Crippen LogP contribution in [0.4, 0.5) is 16.8 Å². The van der Waals surface area contributed by atoms with E-state index in [2.05, 4.69) is 37.6 Å². The number of pyridine rings is 2. The molecule has 2 bridgehead atoms. The molecule has 3 aromatic rings. The number of hydrogen-bond donors (Lipinski definition) is 3. The molecule has 5 heterocycles. The molecule has 0 radical (unpaired) electrons. The molecule has 32 heavy (non-hydrogen) atoms. The summed E-state index contributed by atoms with van der Waals surface area (Å²) >= 11 is 1.52. The molecular weight excluding hydrogens is 422 g/mol. The van der Waals surface area contributed by atoms with Crippen molar-refractivity contribution in [3.63, 3.8) is 0 Å². The number of aromatic nitrogens is 3. The number of hydrogen-bond acceptors (Lipinski definition) is 9. The first-order chi connectivity index (χ1) is 15.7. The van der Waals surface area contributed by atoms with Crippen molar-refractivity contribution in [1.82, 2.24) is 19.9 Å². The third kappa shape index (κ3) is 4.39. The van der Waals surface area contributed by atoms with Crippen LogP contribution in [0.1, 0.15) is 37.0 Å². The van der Waals surface area contributed by atoms with Gasteiger partial charge in [0.1, 0.15) is 11.6 Å². The van der Waals surface area contributed by atoms with Crippen LogP contribution >= 0.6 is 11.3 Å². The van der Waals surface area contributed by atoms with Gasteiger partial charge < -0.3 is 15.7 Å². The third-order valence-corrected chi connectivity index (χ3v) is 7.43. The average Bonchev–Trinajstić information content (AvgIpc) is 3.33. The van der Waals surface area contributed by atoms with Crippen molar-refractivity contribution < 1.29 is 5.11 Å². The van der Waals surface area contributed by atoms with Gasteiger partial charge in [0.2, 0.25) is 0 Å². The number of thiazole rings is 1.